The lowest BCUT2D eigenvalue weighted by Gasteiger charge is -2.22. The number of benzene rings is 1. The second kappa shape index (κ2) is 5.88. The minimum Gasteiger partial charge on any atom is -0.504 e. The summed E-state index contributed by atoms with van der Waals surface area (Å²) in [6.45, 7) is 5.28. The summed E-state index contributed by atoms with van der Waals surface area (Å²) in [5.41, 5.74) is 0.690. The monoisotopic (exact) mass is 304 g/mol. The third kappa shape index (κ3) is 2.69. The van der Waals surface area contributed by atoms with Crippen LogP contribution in [0.5, 0.6) is 17.2 Å². The van der Waals surface area contributed by atoms with Crippen molar-refractivity contribution in [2.75, 3.05) is 14.2 Å². The average molecular weight is 304 g/mol. The maximum absolute atomic E-state index is 11.6. The minimum absolute atomic E-state index is 0.0963. The zero-order chi connectivity index (χ0) is 15.7. The Morgan fingerprint density at radius 3 is 2.05 bits per heavy atom. The van der Waals surface area contributed by atoms with Gasteiger partial charge in [0.15, 0.2) is 11.5 Å². The second-order valence-electron chi connectivity index (χ2n) is 4.57. The van der Waals surface area contributed by atoms with Gasteiger partial charge in [-0.1, -0.05) is 13.8 Å². The van der Waals surface area contributed by atoms with E-state index in [1.54, 1.807) is 0 Å². The Bertz CT molecular complexity index is 606. The molecule has 1 unspecified atom stereocenters. The standard InChI is InChI=1S/C13H20O6S/c1-6-7(2)9-8(3)13(20(15,16)17)12(19-5)11(18-4)10(9)14/h7,14H,6H2,1-5H3,(H,15,16,17). The molecule has 1 rings (SSSR count). The van der Waals surface area contributed by atoms with Gasteiger partial charge in [-0.3, -0.25) is 4.55 Å². The van der Waals surface area contributed by atoms with Crippen molar-refractivity contribution in [1.29, 1.82) is 0 Å². The average Bonchev–Trinajstić information content (AvgIpc) is 2.35. The summed E-state index contributed by atoms with van der Waals surface area (Å²) in [6, 6.07) is 0. The summed E-state index contributed by atoms with van der Waals surface area (Å²) in [7, 11) is -1.97. The van der Waals surface area contributed by atoms with Gasteiger partial charge in [0.25, 0.3) is 10.1 Å². The molecule has 0 saturated carbocycles. The van der Waals surface area contributed by atoms with Crippen molar-refractivity contribution in [3.8, 4) is 17.2 Å². The maximum atomic E-state index is 11.6. The van der Waals surface area contributed by atoms with E-state index in [-0.39, 0.29) is 33.6 Å². The molecule has 0 radical (unpaired) electrons. The first kappa shape index (κ1) is 16.6. The van der Waals surface area contributed by atoms with Gasteiger partial charge in [0, 0.05) is 5.56 Å². The summed E-state index contributed by atoms with van der Waals surface area (Å²) < 4.78 is 42.7. The molecule has 0 fully saturated rings. The highest BCUT2D eigenvalue weighted by Gasteiger charge is 2.31. The topological polar surface area (TPSA) is 93.1 Å². The lowest BCUT2D eigenvalue weighted by atomic mass is 9.92. The van der Waals surface area contributed by atoms with Gasteiger partial charge in [0.1, 0.15) is 4.90 Å². The third-order valence-corrected chi connectivity index (χ3v) is 4.41. The quantitative estimate of drug-likeness (QED) is 0.812. The highest BCUT2D eigenvalue weighted by Crippen LogP contribution is 2.49. The van der Waals surface area contributed by atoms with Gasteiger partial charge in [0.2, 0.25) is 5.75 Å². The van der Waals surface area contributed by atoms with E-state index in [1.807, 2.05) is 13.8 Å². The van der Waals surface area contributed by atoms with Crippen LogP contribution in [-0.2, 0) is 10.1 Å². The van der Waals surface area contributed by atoms with E-state index in [0.29, 0.717) is 12.0 Å². The predicted molar refractivity (Wildman–Crippen MR) is 74.5 cm³/mol. The fourth-order valence-corrected chi connectivity index (χ4v) is 3.20. The molecular weight excluding hydrogens is 284 g/mol. The first-order valence-electron chi connectivity index (χ1n) is 6.15. The normalized spacial score (nSPS) is 13.1. The predicted octanol–water partition coefficient (Wildman–Crippen LogP) is 2.48. The largest absolute Gasteiger partial charge is 0.504 e. The molecule has 2 N–H and O–H groups in total. The van der Waals surface area contributed by atoms with Gasteiger partial charge >= 0.3 is 0 Å². The summed E-state index contributed by atoms with van der Waals surface area (Å²) in [6.07, 6.45) is 0.689. The first-order valence-corrected chi connectivity index (χ1v) is 7.59. The van der Waals surface area contributed by atoms with Crippen LogP contribution < -0.4 is 9.47 Å². The number of hydrogen-bond acceptors (Lipinski definition) is 5. The van der Waals surface area contributed by atoms with Crippen molar-refractivity contribution < 1.29 is 27.6 Å². The van der Waals surface area contributed by atoms with Crippen LogP contribution in [0, 0.1) is 6.92 Å². The molecule has 114 valence electrons. The van der Waals surface area contributed by atoms with E-state index in [4.69, 9.17) is 9.47 Å². The van der Waals surface area contributed by atoms with Gasteiger partial charge in [-0.2, -0.15) is 8.42 Å². The molecule has 0 heterocycles. The zero-order valence-corrected chi connectivity index (χ0v) is 13.0. The molecule has 0 aliphatic heterocycles. The highest BCUT2D eigenvalue weighted by atomic mass is 32.2. The summed E-state index contributed by atoms with van der Waals surface area (Å²) >= 11 is 0. The number of ether oxygens (including phenoxy) is 2. The number of hydrogen-bond donors (Lipinski definition) is 2. The molecule has 7 heteroatoms. The molecule has 1 aromatic carbocycles. The lowest BCUT2D eigenvalue weighted by Crippen LogP contribution is -2.10. The van der Waals surface area contributed by atoms with Crippen molar-refractivity contribution in [3.63, 3.8) is 0 Å². The fraction of sp³-hybridized carbons (Fsp3) is 0.538. The van der Waals surface area contributed by atoms with Crippen LogP contribution in [0.15, 0.2) is 4.90 Å². The highest BCUT2D eigenvalue weighted by molar-refractivity contribution is 7.86. The van der Waals surface area contributed by atoms with Crippen molar-refractivity contribution in [1.82, 2.24) is 0 Å². The van der Waals surface area contributed by atoms with E-state index >= 15 is 0 Å². The molecule has 6 nitrogen and oxygen atoms in total. The SMILES string of the molecule is CCC(C)c1c(C)c(S(=O)(=O)O)c(OC)c(OC)c1O. The molecule has 0 saturated heterocycles. The van der Waals surface area contributed by atoms with Crippen molar-refractivity contribution in [2.45, 2.75) is 38.0 Å². The summed E-state index contributed by atoms with van der Waals surface area (Å²) in [5.74, 6) is -0.558. The van der Waals surface area contributed by atoms with Crippen LogP contribution in [0.3, 0.4) is 0 Å². The Hall–Kier alpha value is -1.47. The van der Waals surface area contributed by atoms with Crippen LogP contribution in [-0.4, -0.2) is 32.3 Å². The first-order chi connectivity index (χ1) is 9.20. The summed E-state index contributed by atoms with van der Waals surface area (Å²) in [4.78, 5) is -0.370. The third-order valence-electron chi connectivity index (χ3n) is 3.40. The van der Waals surface area contributed by atoms with Crippen LogP contribution in [0.2, 0.25) is 0 Å². The number of rotatable bonds is 5. The molecule has 0 aliphatic carbocycles. The lowest BCUT2D eigenvalue weighted by molar-refractivity contribution is 0.321. The Kier molecular flexibility index (Phi) is 4.88. The van der Waals surface area contributed by atoms with Crippen LogP contribution in [0.25, 0.3) is 0 Å². The number of methoxy groups -OCH3 is 2. The Morgan fingerprint density at radius 2 is 1.70 bits per heavy atom. The molecule has 0 spiro atoms. The van der Waals surface area contributed by atoms with E-state index in [1.165, 1.54) is 21.1 Å². The van der Waals surface area contributed by atoms with Crippen LogP contribution in [0.1, 0.15) is 37.3 Å². The molecular formula is C13H20O6S. The minimum atomic E-state index is -4.51. The van der Waals surface area contributed by atoms with Crippen LogP contribution in [0.4, 0.5) is 0 Å². The molecule has 1 aromatic rings. The summed E-state index contributed by atoms with van der Waals surface area (Å²) in [5, 5.41) is 10.3. The van der Waals surface area contributed by atoms with Gasteiger partial charge < -0.3 is 14.6 Å². The zero-order valence-electron chi connectivity index (χ0n) is 12.2. The fourth-order valence-electron chi connectivity index (χ4n) is 2.30. The van der Waals surface area contributed by atoms with Gasteiger partial charge in [-0.25, -0.2) is 0 Å². The van der Waals surface area contributed by atoms with Crippen molar-refractivity contribution >= 4 is 10.1 Å². The van der Waals surface area contributed by atoms with Crippen molar-refractivity contribution in [2.24, 2.45) is 0 Å². The molecule has 0 aromatic heterocycles. The van der Waals surface area contributed by atoms with E-state index in [2.05, 4.69) is 0 Å². The van der Waals surface area contributed by atoms with E-state index < -0.39 is 10.1 Å². The molecule has 0 aliphatic rings. The maximum Gasteiger partial charge on any atom is 0.298 e. The number of aromatic hydroxyl groups is 1. The van der Waals surface area contributed by atoms with Crippen molar-refractivity contribution in [3.05, 3.63) is 11.1 Å². The Labute approximate surface area is 119 Å². The molecule has 1 atom stereocenters. The van der Waals surface area contributed by atoms with Gasteiger partial charge in [0.05, 0.1) is 14.2 Å². The van der Waals surface area contributed by atoms with Gasteiger partial charge in [-0.05, 0) is 24.8 Å². The van der Waals surface area contributed by atoms with E-state index in [9.17, 15) is 18.1 Å². The number of phenolic OH excluding ortho intramolecular Hbond substituents is 1. The molecule has 20 heavy (non-hydrogen) atoms. The van der Waals surface area contributed by atoms with E-state index in [0.717, 1.165) is 0 Å². The van der Waals surface area contributed by atoms with Crippen LogP contribution >= 0.6 is 0 Å². The molecule has 0 bridgehead atoms. The van der Waals surface area contributed by atoms with Gasteiger partial charge in [-0.15, -0.1) is 0 Å². The smallest absolute Gasteiger partial charge is 0.298 e. The Balaban J connectivity index is 3.93. The molecule has 0 amide bonds. The number of phenols is 1. The Morgan fingerprint density at radius 1 is 1.20 bits per heavy atom. The second-order valence-corrected chi connectivity index (χ2v) is 5.93.